The SMILES string of the molecule is CC1(C)CC(SC(C)(C)[C@H](N)C(=O)O)C(C)(C)O1. The number of thioether (sulfide) groups is 1. The number of hydrogen-bond donors (Lipinski definition) is 2. The van der Waals surface area contributed by atoms with E-state index in [1.807, 2.05) is 13.8 Å². The number of hydrogen-bond acceptors (Lipinski definition) is 4. The van der Waals surface area contributed by atoms with Gasteiger partial charge in [0.1, 0.15) is 6.04 Å². The fourth-order valence-corrected chi connectivity index (χ4v) is 4.23. The second kappa shape index (κ2) is 4.69. The number of carboxylic acid groups (broad SMARTS) is 1. The van der Waals surface area contributed by atoms with E-state index in [1.54, 1.807) is 11.8 Å². The maximum Gasteiger partial charge on any atom is 0.321 e. The first-order chi connectivity index (χ1) is 7.87. The molecule has 0 aromatic rings. The quantitative estimate of drug-likeness (QED) is 0.823. The van der Waals surface area contributed by atoms with Gasteiger partial charge in [0.25, 0.3) is 0 Å². The van der Waals surface area contributed by atoms with Gasteiger partial charge in [-0.2, -0.15) is 0 Å². The van der Waals surface area contributed by atoms with Gasteiger partial charge in [-0.25, -0.2) is 0 Å². The molecule has 5 heteroatoms. The Bertz CT molecular complexity index is 339. The second-order valence-corrected chi connectivity index (χ2v) is 8.55. The monoisotopic (exact) mass is 275 g/mol. The first-order valence-electron chi connectivity index (χ1n) is 6.24. The average molecular weight is 275 g/mol. The lowest BCUT2D eigenvalue weighted by molar-refractivity contribution is -0.139. The molecule has 1 rings (SSSR count). The van der Waals surface area contributed by atoms with Crippen molar-refractivity contribution in [3.63, 3.8) is 0 Å². The van der Waals surface area contributed by atoms with Gasteiger partial charge in [-0.05, 0) is 48.0 Å². The standard InChI is InChI=1S/C13H25NO3S/c1-11(2)7-8(12(3,4)17-11)18-13(5,6)9(14)10(15)16/h8-9H,7,14H2,1-6H3,(H,15,16)/t8?,9-/m1/s1. The van der Waals surface area contributed by atoms with Crippen molar-refractivity contribution in [1.82, 2.24) is 0 Å². The summed E-state index contributed by atoms with van der Waals surface area (Å²) in [5, 5.41) is 9.30. The molecule has 1 unspecified atom stereocenters. The first-order valence-corrected chi connectivity index (χ1v) is 7.12. The van der Waals surface area contributed by atoms with Gasteiger partial charge in [0, 0.05) is 10.00 Å². The molecule has 2 atom stereocenters. The van der Waals surface area contributed by atoms with Crippen LogP contribution in [0.3, 0.4) is 0 Å². The Kier molecular flexibility index (Phi) is 4.11. The van der Waals surface area contributed by atoms with Gasteiger partial charge in [-0.3, -0.25) is 4.79 Å². The smallest absolute Gasteiger partial charge is 0.321 e. The van der Waals surface area contributed by atoms with Crippen LogP contribution in [-0.2, 0) is 9.53 Å². The van der Waals surface area contributed by atoms with Crippen LogP contribution in [0.1, 0.15) is 48.0 Å². The maximum atomic E-state index is 11.0. The summed E-state index contributed by atoms with van der Waals surface area (Å²) in [5.41, 5.74) is 5.34. The molecule has 0 aliphatic carbocycles. The van der Waals surface area contributed by atoms with Crippen LogP contribution in [0.15, 0.2) is 0 Å². The molecular weight excluding hydrogens is 250 g/mol. The van der Waals surface area contributed by atoms with E-state index in [-0.39, 0.29) is 16.5 Å². The predicted octanol–water partition coefficient (Wildman–Crippen LogP) is 2.26. The van der Waals surface area contributed by atoms with E-state index in [0.29, 0.717) is 0 Å². The molecule has 3 N–H and O–H groups in total. The Morgan fingerprint density at radius 3 is 2.28 bits per heavy atom. The Hall–Kier alpha value is -0.260. The highest BCUT2D eigenvalue weighted by atomic mass is 32.2. The fraction of sp³-hybridized carbons (Fsp3) is 0.923. The zero-order valence-electron chi connectivity index (χ0n) is 12.1. The molecule has 106 valence electrons. The van der Waals surface area contributed by atoms with Crippen LogP contribution < -0.4 is 5.73 Å². The highest BCUT2D eigenvalue weighted by Gasteiger charge is 2.49. The molecule has 1 fully saturated rings. The van der Waals surface area contributed by atoms with Gasteiger partial charge in [0.05, 0.1) is 11.2 Å². The molecule has 1 aliphatic heterocycles. The fourth-order valence-electron chi connectivity index (χ4n) is 2.43. The summed E-state index contributed by atoms with van der Waals surface area (Å²) < 4.78 is 5.51. The molecule has 0 spiro atoms. The third-order valence-electron chi connectivity index (χ3n) is 3.45. The number of carbonyl (C=O) groups is 1. The number of aliphatic carboxylic acids is 1. The topological polar surface area (TPSA) is 72.6 Å². The molecule has 1 aliphatic rings. The van der Waals surface area contributed by atoms with Gasteiger partial charge in [0.2, 0.25) is 0 Å². The maximum absolute atomic E-state index is 11.0. The van der Waals surface area contributed by atoms with Gasteiger partial charge in [-0.15, -0.1) is 11.8 Å². The molecule has 0 radical (unpaired) electrons. The van der Waals surface area contributed by atoms with Crippen LogP contribution in [0.25, 0.3) is 0 Å². The minimum absolute atomic E-state index is 0.162. The van der Waals surface area contributed by atoms with E-state index in [1.165, 1.54) is 0 Å². The van der Waals surface area contributed by atoms with Crippen molar-refractivity contribution in [2.75, 3.05) is 0 Å². The number of rotatable bonds is 4. The van der Waals surface area contributed by atoms with E-state index >= 15 is 0 Å². The van der Waals surface area contributed by atoms with E-state index in [2.05, 4.69) is 27.7 Å². The van der Waals surface area contributed by atoms with E-state index in [9.17, 15) is 4.79 Å². The zero-order valence-corrected chi connectivity index (χ0v) is 12.9. The molecule has 0 bridgehead atoms. The highest BCUT2D eigenvalue weighted by Crippen LogP contribution is 2.48. The molecule has 18 heavy (non-hydrogen) atoms. The van der Waals surface area contributed by atoms with Gasteiger partial charge < -0.3 is 15.6 Å². The molecule has 0 aromatic heterocycles. The second-order valence-electron chi connectivity index (χ2n) is 6.70. The Morgan fingerprint density at radius 1 is 1.44 bits per heavy atom. The number of nitrogens with two attached hydrogens (primary N) is 1. The van der Waals surface area contributed by atoms with Crippen molar-refractivity contribution in [3.05, 3.63) is 0 Å². The zero-order chi connectivity index (χ0) is 14.4. The number of carboxylic acids is 1. The van der Waals surface area contributed by atoms with Gasteiger partial charge in [0.15, 0.2) is 0 Å². The van der Waals surface area contributed by atoms with Crippen LogP contribution in [0.4, 0.5) is 0 Å². The minimum atomic E-state index is -0.955. The molecule has 1 heterocycles. The molecule has 4 nitrogen and oxygen atoms in total. The Balaban J connectivity index is 2.82. The summed E-state index contributed by atoms with van der Waals surface area (Å²) in [6.07, 6.45) is 0.903. The summed E-state index contributed by atoms with van der Waals surface area (Å²) >= 11 is 1.62. The van der Waals surface area contributed by atoms with Gasteiger partial charge in [-0.1, -0.05) is 0 Å². The minimum Gasteiger partial charge on any atom is -0.480 e. The average Bonchev–Trinajstić information content (AvgIpc) is 2.31. The third kappa shape index (κ3) is 3.39. The summed E-state index contributed by atoms with van der Waals surface area (Å²) in [5.74, 6) is -0.955. The van der Waals surface area contributed by atoms with Crippen LogP contribution in [0.5, 0.6) is 0 Å². The van der Waals surface area contributed by atoms with Gasteiger partial charge >= 0.3 is 5.97 Å². The molecular formula is C13H25NO3S. The molecule has 0 aromatic carbocycles. The van der Waals surface area contributed by atoms with Crippen LogP contribution >= 0.6 is 11.8 Å². The molecule has 0 amide bonds. The van der Waals surface area contributed by atoms with Crippen molar-refractivity contribution in [3.8, 4) is 0 Å². The van der Waals surface area contributed by atoms with E-state index < -0.39 is 16.8 Å². The molecule has 0 saturated carbocycles. The van der Waals surface area contributed by atoms with Crippen LogP contribution in [-0.4, -0.2) is 38.3 Å². The predicted molar refractivity (Wildman–Crippen MR) is 74.9 cm³/mol. The van der Waals surface area contributed by atoms with Crippen LogP contribution in [0, 0.1) is 0 Å². The van der Waals surface area contributed by atoms with Crippen molar-refractivity contribution in [2.45, 2.75) is 75.2 Å². The normalized spacial score (nSPS) is 28.1. The number of ether oxygens (including phenoxy) is 1. The Labute approximate surface area is 114 Å². The summed E-state index contributed by atoms with van der Waals surface area (Å²) in [7, 11) is 0. The summed E-state index contributed by atoms with van der Waals surface area (Å²) in [6, 6.07) is -0.873. The first kappa shape index (κ1) is 15.8. The Morgan fingerprint density at radius 2 is 1.94 bits per heavy atom. The van der Waals surface area contributed by atoms with E-state index in [4.69, 9.17) is 15.6 Å². The summed E-state index contributed by atoms with van der Waals surface area (Å²) in [4.78, 5) is 11.0. The lowest BCUT2D eigenvalue weighted by Gasteiger charge is -2.35. The van der Waals surface area contributed by atoms with Crippen LogP contribution in [0.2, 0.25) is 0 Å². The highest BCUT2D eigenvalue weighted by molar-refractivity contribution is 8.01. The van der Waals surface area contributed by atoms with Crippen molar-refractivity contribution in [2.24, 2.45) is 5.73 Å². The summed E-state index contributed by atoms with van der Waals surface area (Å²) in [6.45, 7) is 12.0. The molecule has 1 saturated heterocycles. The van der Waals surface area contributed by atoms with Crippen molar-refractivity contribution < 1.29 is 14.6 Å². The largest absolute Gasteiger partial charge is 0.480 e. The lowest BCUT2D eigenvalue weighted by atomic mass is 10.00. The lowest BCUT2D eigenvalue weighted by Crippen LogP contribution is -2.49. The van der Waals surface area contributed by atoms with Crippen molar-refractivity contribution in [1.29, 1.82) is 0 Å². The van der Waals surface area contributed by atoms with E-state index in [0.717, 1.165) is 6.42 Å². The third-order valence-corrected chi connectivity index (χ3v) is 5.33. The van der Waals surface area contributed by atoms with Crippen molar-refractivity contribution >= 4 is 17.7 Å².